The van der Waals surface area contributed by atoms with E-state index in [4.69, 9.17) is 5.73 Å². The van der Waals surface area contributed by atoms with Gasteiger partial charge < -0.3 is 10.6 Å². The first-order valence-electron chi connectivity index (χ1n) is 6.23. The molecule has 2 atom stereocenters. The summed E-state index contributed by atoms with van der Waals surface area (Å²) in [6.07, 6.45) is 6.50. The summed E-state index contributed by atoms with van der Waals surface area (Å²) in [6, 6.07) is 0.115. The average molecular weight is 212 g/mol. The first kappa shape index (κ1) is 12.5. The molecule has 0 saturated carbocycles. The lowest BCUT2D eigenvalue weighted by Crippen LogP contribution is -2.49. The number of nitrogens with zero attached hydrogens (tertiary/aromatic N) is 1. The molecule has 1 fully saturated rings. The van der Waals surface area contributed by atoms with E-state index in [9.17, 15) is 4.79 Å². The van der Waals surface area contributed by atoms with Crippen LogP contribution in [0.4, 0.5) is 0 Å². The van der Waals surface area contributed by atoms with Gasteiger partial charge in [0, 0.05) is 12.6 Å². The molecule has 1 aliphatic rings. The maximum absolute atomic E-state index is 12.0. The van der Waals surface area contributed by atoms with E-state index < -0.39 is 0 Å². The molecule has 1 heterocycles. The molecule has 0 spiro atoms. The summed E-state index contributed by atoms with van der Waals surface area (Å²) >= 11 is 0. The van der Waals surface area contributed by atoms with Crippen molar-refractivity contribution in [2.75, 3.05) is 6.54 Å². The van der Waals surface area contributed by atoms with Crippen LogP contribution in [0.3, 0.4) is 0 Å². The van der Waals surface area contributed by atoms with Gasteiger partial charge in [-0.2, -0.15) is 0 Å². The lowest BCUT2D eigenvalue weighted by Gasteiger charge is -2.35. The molecule has 0 radical (unpaired) electrons. The number of hydrogen-bond donors (Lipinski definition) is 1. The summed E-state index contributed by atoms with van der Waals surface area (Å²) in [5.41, 5.74) is 5.91. The zero-order valence-corrected chi connectivity index (χ0v) is 10.0. The molecule has 1 amide bonds. The molecule has 1 rings (SSSR count). The van der Waals surface area contributed by atoms with E-state index in [0.29, 0.717) is 6.04 Å². The number of likely N-dealkylation sites (tertiary alicyclic amines) is 1. The number of carbonyl (C=O) groups excluding carboxylic acids is 1. The van der Waals surface area contributed by atoms with E-state index in [2.05, 4.69) is 13.8 Å². The van der Waals surface area contributed by atoms with Crippen LogP contribution < -0.4 is 5.73 Å². The maximum atomic E-state index is 12.0. The fraction of sp³-hybridized carbons (Fsp3) is 0.917. The van der Waals surface area contributed by atoms with Gasteiger partial charge >= 0.3 is 0 Å². The predicted molar refractivity (Wildman–Crippen MR) is 62.5 cm³/mol. The summed E-state index contributed by atoms with van der Waals surface area (Å²) in [5, 5.41) is 0. The minimum absolute atomic E-state index is 0.163. The first-order chi connectivity index (χ1) is 7.16. The van der Waals surface area contributed by atoms with Crippen LogP contribution in [0.15, 0.2) is 0 Å². The summed E-state index contributed by atoms with van der Waals surface area (Å²) < 4.78 is 0. The Bertz CT molecular complexity index is 206. The van der Waals surface area contributed by atoms with E-state index in [1.807, 2.05) is 4.90 Å². The van der Waals surface area contributed by atoms with Gasteiger partial charge in [0.25, 0.3) is 0 Å². The molecule has 0 bridgehead atoms. The van der Waals surface area contributed by atoms with Crippen molar-refractivity contribution in [2.24, 2.45) is 5.73 Å². The Morgan fingerprint density at radius 2 is 2.27 bits per heavy atom. The standard InChI is InChI=1S/C12H24N2O/c1-3-4-8-11(13)12(15)14-9-6-5-7-10(14)2/h10-11H,3-9,13H2,1-2H3. The topological polar surface area (TPSA) is 46.3 Å². The molecule has 2 unspecified atom stereocenters. The van der Waals surface area contributed by atoms with Gasteiger partial charge in [-0.3, -0.25) is 4.79 Å². The van der Waals surface area contributed by atoms with Crippen molar-refractivity contribution in [1.82, 2.24) is 4.90 Å². The van der Waals surface area contributed by atoms with Crippen molar-refractivity contribution in [2.45, 2.75) is 64.5 Å². The van der Waals surface area contributed by atoms with Gasteiger partial charge in [-0.1, -0.05) is 19.8 Å². The highest BCUT2D eigenvalue weighted by molar-refractivity contribution is 5.82. The number of unbranched alkanes of at least 4 members (excludes halogenated alkanes) is 1. The predicted octanol–water partition coefficient (Wildman–Crippen LogP) is 1.90. The maximum Gasteiger partial charge on any atom is 0.239 e. The molecule has 3 nitrogen and oxygen atoms in total. The van der Waals surface area contributed by atoms with Crippen LogP contribution in [0.5, 0.6) is 0 Å². The number of rotatable bonds is 4. The number of nitrogens with two attached hydrogens (primary N) is 1. The third-order valence-corrected chi connectivity index (χ3v) is 3.27. The van der Waals surface area contributed by atoms with Gasteiger partial charge in [0.15, 0.2) is 0 Å². The van der Waals surface area contributed by atoms with Crippen LogP contribution in [-0.4, -0.2) is 29.4 Å². The van der Waals surface area contributed by atoms with Crippen LogP contribution in [0.1, 0.15) is 52.4 Å². The Hall–Kier alpha value is -0.570. The van der Waals surface area contributed by atoms with Gasteiger partial charge in [0.05, 0.1) is 6.04 Å². The smallest absolute Gasteiger partial charge is 0.239 e. The van der Waals surface area contributed by atoms with E-state index >= 15 is 0 Å². The fourth-order valence-corrected chi connectivity index (χ4v) is 2.19. The minimum Gasteiger partial charge on any atom is -0.339 e. The molecule has 88 valence electrons. The molecule has 0 aromatic carbocycles. The van der Waals surface area contributed by atoms with E-state index in [0.717, 1.165) is 38.6 Å². The van der Waals surface area contributed by atoms with Gasteiger partial charge in [-0.25, -0.2) is 0 Å². The van der Waals surface area contributed by atoms with Crippen LogP contribution >= 0.6 is 0 Å². The van der Waals surface area contributed by atoms with E-state index in [-0.39, 0.29) is 11.9 Å². The molecule has 0 aliphatic carbocycles. The Balaban J connectivity index is 2.43. The number of carbonyl (C=O) groups is 1. The highest BCUT2D eigenvalue weighted by atomic mass is 16.2. The normalized spacial score (nSPS) is 23.9. The Labute approximate surface area is 93.0 Å². The zero-order chi connectivity index (χ0) is 11.3. The van der Waals surface area contributed by atoms with Gasteiger partial charge in [-0.05, 0) is 32.6 Å². The number of hydrogen-bond acceptors (Lipinski definition) is 2. The average Bonchev–Trinajstić information content (AvgIpc) is 2.25. The molecule has 3 heteroatoms. The Morgan fingerprint density at radius 3 is 2.87 bits per heavy atom. The first-order valence-corrected chi connectivity index (χ1v) is 6.23. The summed E-state index contributed by atoms with van der Waals surface area (Å²) in [4.78, 5) is 14.0. The van der Waals surface area contributed by atoms with Crippen LogP contribution in [0, 0.1) is 0 Å². The molecular weight excluding hydrogens is 188 g/mol. The van der Waals surface area contributed by atoms with E-state index in [1.54, 1.807) is 0 Å². The van der Waals surface area contributed by atoms with Gasteiger partial charge in [-0.15, -0.1) is 0 Å². The molecule has 0 aromatic rings. The second kappa shape index (κ2) is 6.11. The zero-order valence-electron chi connectivity index (χ0n) is 10.0. The van der Waals surface area contributed by atoms with Crippen molar-refractivity contribution >= 4 is 5.91 Å². The SMILES string of the molecule is CCCCC(N)C(=O)N1CCCCC1C. The minimum atomic E-state index is -0.273. The highest BCUT2D eigenvalue weighted by Gasteiger charge is 2.26. The fourth-order valence-electron chi connectivity index (χ4n) is 2.19. The molecule has 15 heavy (non-hydrogen) atoms. The third-order valence-electron chi connectivity index (χ3n) is 3.27. The second-order valence-corrected chi connectivity index (χ2v) is 4.63. The third kappa shape index (κ3) is 3.49. The van der Waals surface area contributed by atoms with Crippen molar-refractivity contribution < 1.29 is 4.79 Å². The highest BCUT2D eigenvalue weighted by Crippen LogP contribution is 2.17. The van der Waals surface area contributed by atoms with Crippen LogP contribution in [0.25, 0.3) is 0 Å². The van der Waals surface area contributed by atoms with Crippen molar-refractivity contribution in [3.8, 4) is 0 Å². The summed E-state index contributed by atoms with van der Waals surface area (Å²) in [7, 11) is 0. The molecule has 2 N–H and O–H groups in total. The van der Waals surface area contributed by atoms with Gasteiger partial charge in [0.2, 0.25) is 5.91 Å². The Kier molecular flexibility index (Phi) is 5.09. The van der Waals surface area contributed by atoms with Gasteiger partial charge in [0.1, 0.15) is 0 Å². The van der Waals surface area contributed by atoms with Crippen LogP contribution in [0.2, 0.25) is 0 Å². The quantitative estimate of drug-likeness (QED) is 0.773. The number of piperidine rings is 1. The molecule has 1 aliphatic heterocycles. The van der Waals surface area contributed by atoms with Crippen molar-refractivity contribution in [3.05, 3.63) is 0 Å². The lowest BCUT2D eigenvalue weighted by atomic mass is 10.0. The summed E-state index contributed by atoms with van der Waals surface area (Å²) in [6.45, 7) is 5.16. The second-order valence-electron chi connectivity index (χ2n) is 4.63. The largest absolute Gasteiger partial charge is 0.339 e. The van der Waals surface area contributed by atoms with E-state index in [1.165, 1.54) is 6.42 Å². The molecular formula is C12H24N2O. The summed E-state index contributed by atoms with van der Waals surface area (Å²) in [5.74, 6) is 0.163. The number of amides is 1. The monoisotopic (exact) mass is 212 g/mol. The molecule has 0 aromatic heterocycles. The van der Waals surface area contributed by atoms with Crippen molar-refractivity contribution in [3.63, 3.8) is 0 Å². The van der Waals surface area contributed by atoms with Crippen LogP contribution in [-0.2, 0) is 4.79 Å². The van der Waals surface area contributed by atoms with Crippen molar-refractivity contribution in [1.29, 1.82) is 0 Å². The lowest BCUT2D eigenvalue weighted by molar-refractivity contribution is -0.136. The Morgan fingerprint density at radius 1 is 1.53 bits per heavy atom. The molecule has 1 saturated heterocycles.